The van der Waals surface area contributed by atoms with Gasteiger partial charge in [0.15, 0.2) is 5.58 Å². The maximum atomic E-state index is 6.50. The molecular formula is C79H65N5O. The summed E-state index contributed by atoms with van der Waals surface area (Å²) in [5.41, 5.74) is 26.5. The van der Waals surface area contributed by atoms with Crippen molar-refractivity contribution in [2.24, 2.45) is 0 Å². The number of para-hydroxylation sites is 10. The van der Waals surface area contributed by atoms with E-state index in [0.29, 0.717) is 5.89 Å². The van der Waals surface area contributed by atoms with Crippen molar-refractivity contribution in [2.45, 2.75) is 77.0 Å². The van der Waals surface area contributed by atoms with E-state index in [0.717, 1.165) is 96.0 Å². The highest BCUT2D eigenvalue weighted by Gasteiger charge is 2.48. The molecule has 0 N–H and O–H groups in total. The predicted octanol–water partition coefficient (Wildman–Crippen LogP) is 21.6. The van der Waals surface area contributed by atoms with E-state index in [1.54, 1.807) is 0 Å². The molecule has 12 aromatic rings. The normalized spacial score (nSPS) is 16.0. The van der Waals surface area contributed by atoms with Gasteiger partial charge in [0, 0.05) is 32.8 Å². The van der Waals surface area contributed by atoms with Gasteiger partial charge in [-0.1, -0.05) is 225 Å². The summed E-state index contributed by atoms with van der Waals surface area (Å²) in [5, 5.41) is 0. The van der Waals surface area contributed by atoms with Crippen molar-refractivity contribution in [1.29, 1.82) is 0 Å². The van der Waals surface area contributed by atoms with Gasteiger partial charge in [0.05, 0.1) is 68.2 Å². The van der Waals surface area contributed by atoms with Crippen LogP contribution in [0.5, 0.6) is 0 Å². The van der Waals surface area contributed by atoms with Crippen LogP contribution in [0.2, 0.25) is 0 Å². The number of benzene rings is 11. The Morgan fingerprint density at radius 2 is 0.553 bits per heavy atom. The maximum absolute atomic E-state index is 6.50. The highest BCUT2D eigenvalue weighted by molar-refractivity contribution is 6.15. The number of aromatic nitrogens is 1. The van der Waals surface area contributed by atoms with E-state index in [4.69, 9.17) is 9.40 Å². The second-order valence-corrected chi connectivity index (χ2v) is 25.5. The molecule has 0 amide bonds. The van der Waals surface area contributed by atoms with Crippen LogP contribution in [0.25, 0.3) is 33.7 Å². The molecule has 0 spiro atoms. The topological polar surface area (TPSA) is 39.0 Å². The molecule has 16 rings (SSSR count). The van der Waals surface area contributed by atoms with E-state index in [9.17, 15) is 0 Å². The lowest BCUT2D eigenvalue weighted by Crippen LogP contribution is -2.36. The summed E-state index contributed by atoms with van der Waals surface area (Å²) in [4.78, 5) is 15.5. The third-order valence-electron chi connectivity index (χ3n) is 19.4. The molecule has 0 fully saturated rings. The Labute approximate surface area is 498 Å². The molecule has 6 nitrogen and oxygen atoms in total. The van der Waals surface area contributed by atoms with Crippen molar-refractivity contribution in [2.75, 3.05) is 19.6 Å². The Bertz CT molecular complexity index is 4480. The fourth-order valence-corrected chi connectivity index (χ4v) is 15.1. The Hall–Kier alpha value is -9.91. The van der Waals surface area contributed by atoms with E-state index in [1.807, 2.05) is 24.3 Å². The first-order valence-electron chi connectivity index (χ1n) is 29.9. The van der Waals surface area contributed by atoms with Gasteiger partial charge in [-0.2, -0.15) is 0 Å². The summed E-state index contributed by atoms with van der Waals surface area (Å²) in [7, 11) is 0. The molecule has 0 radical (unpaired) electrons. The Morgan fingerprint density at radius 1 is 0.271 bits per heavy atom. The van der Waals surface area contributed by atoms with E-state index in [2.05, 4.69) is 299 Å². The van der Waals surface area contributed by atoms with Gasteiger partial charge in [0.2, 0.25) is 5.89 Å². The zero-order valence-electron chi connectivity index (χ0n) is 49.3. The zero-order chi connectivity index (χ0) is 57.7. The first kappa shape index (κ1) is 50.8. The van der Waals surface area contributed by atoms with Crippen LogP contribution >= 0.6 is 0 Å². The lowest BCUT2D eigenvalue weighted by molar-refractivity contribution is 0.620. The molecule has 1 aromatic heterocycles. The number of hydrogen-bond donors (Lipinski definition) is 0. The minimum absolute atomic E-state index is 0.325. The average Bonchev–Trinajstić information content (AvgIpc) is 0.996. The number of anilines is 12. The molecule has 0 unspecified atom stereocenters. The van der Waals surface area contributed by atoms with Gasteiger partial charge in [0.25, 0.3) is 0 Å². The van der Waals surface area contributed by atoms with Gasteiger partial charge in [0.1, 0.15) is 5.52 Å². The number of oxazole rings is 1. The highest BCUT2D eigenvalue weighted by atomic mass is 16.3. The molecule has 412 valence electrons. The maximum Gasteiger partial charge on any atom is 0.227 e. The summed E-state index contributed by atoms with van der Waals surface area (Å²) >= 11 is 0. The lowest BCUT2D eigenvalue weighted by atomic mass is 9.72. The minimum Gasteiger partial charge on any atom is -0.436 e. The Kier molecular flexibility index (Phi) is 10.9. The molecule has 4 aliphatic heterocycles. The van der Waals surface area contributed by atoms with E-state index in [-0.39, 0.29) is 21.7 Å². The number of nitrogens with zero attached hydrogens (tertiary/aromatic N) is 5. The van der Waals surface area contributed by atoms with Crippen molar-refractivity contribution in [3.63, 3.8) is 0 Å². The van der Waals surface area contributed by atoms with Crippen LogP contribution < -0.4 is 19.6 Å². The van der Waals surface area contributed by atoms with Crippen molar-refractivity contribution in [1.82, 2.24) is 4.98 Å². The van der Waals surface area contributed by atoms with Gasteiger partial charge >= 0.3 is 0 Å². The SMILES string of the molecule is CC1(C)c2ccccc2N(c2cc(-c3ccc(-c4nc5ccccc5o4)cc3)c(N3c4ccccc4C(C)(C)c4ccccc43)c(N3c4ccccc4C(C)(C)c4ccccc43)c2N2c3ccccc3C(C)(C)c3ccccc32)c2ccccc21. The first-order valence-corrected chi connectivity index (χ1v) is 29.9. The van der Waals surface area contributed by atoms with Gasteiger partial charge < -0.3 is 24.0 Å². The number of fused-ring (bicyclic) bond motifs is 9. The standard InChI is InChI=1S/C79H65N5O/c1-76(2)53-27-9-18-36-62(53)81(63-37-19-10-28-54(63)76)70-49-52(50-45-47-51(48-46-50)75-80-61-35-17-26-44-71(61)85-75)72(82-64-38-20-11-29-55(64)77(3,4)56-30-12-21-39-65(56)82)74(84-68-42-24-15-33-59(68)79(7,8)60-34-16-25-43-69(60)84)73(70)83-66-40-22-13-31-57(66)78(5,6)58-32-14-23-41-67(58)83/h9-49H,1-8H3. The smallest absolute Gasteiger partial charge is 0.227 e. The van der Waals surface area contributed by atoms with Crippen LogP contribution in [-0.2, 0) is 21.7 Å². The predicted molar refractivity (Wildman–Crippen MR) is 352 cm³/mol. The number of rotatable bonds is 6. The molecule has 11 aromatic carbocycles. The second-order valence-electron chi connectivity index (χ2n) is 25.5. The Balaban J connectivity index is 1.16. The van der Waals surface area contributed by atoms with Crippen LogP contribution in [0.4, 0.5) is 68.2 Å². The van der Waals surface area contributed by atoms with Crippen LogP contribution in [0.1, 0.15) is 99.9 Å². The summed E-state index contributed by atoms with van der Waals surface area (Å²) in [5.74, 6) is 0.587. The molecule has 0 saturated carbocycles. The lowest BCUT2D eigenvalue weighted by Gasteiger charge is -2.50. The fourth-order valence-electron chi connectivity index (χ4n) is 15.1. The summed E-state index contributed by atoms with van der Waals surface area (Å²) in [6.07, 6.45) is 0. The number of hydrogen-bond acceptors (Lipinski definition) is 6. The van der Waals surface area contributed by atoms with Crippen LogP contribution in [0, 0.1) is 0 Å². The van der Waals surface area contributed by atoms with E-state index < -0.39 is 0 Å². The quantitative estimate of drug-likeness (QED) is 0.165. The highest BCUT2D eigenvalue weighted by Crippen LogP contribution is 2.68. The van der Waals surface area contributed by atoms with Crippen LogP contribution in [0.3, 0.4) is 0 Å². The molecule has 0 saturated heterocycles. The molecule has 85 heavy (non-hydrogen) atoms. The van der Waals surface area contributed by atoms with Crippen LogP contribution in [0.15, 0.2) is 253 Å². The molecule has 0 bridgehead atoms. The van der Waals surface area contributed by atoms with Crippen LogP contribution in [-0.4, -0.2) is 4.98 Å². The molecule has 0 atom stereocenters. The zero-order valence-corrected chi connectivity index (χ0v) is 49.3. The van der Waals surface area contributed by atoms with Gasteiger partial charge in [-0.05, 0) is 129 Å². The Morgan fingerprint density at radius 3 is 0.906 bits per heavy atom. The first-order chi connectivity index (χ1) is 41.2. The molecule has 5 heterocycles. The second kappa shape index (κ2) is 18.3. The van der Waals surface area contributed by atoms with E-state index >= 15 is 0 Å². The largest absolute Gasteiger partial charge is 0.436 e. The summed E-state index contributed by atoms with van der Waals surface area (Å²) in [6.45, 7) is 19.1. The third kappa shape index (κ3) is 7.21. The summed E-state index contributed by atoms with van der Waals surface area (Å²) in [6, 6.07) is 92.6. The van der Waals surface area contributed by atoms with Gasteiger partial charge in [-0.3, -0.25) is 0 Å². The molecular weight excluding hydrogens is 1030 g/mol. The molecule has 0 aliphatic carbocycles. The minimum atomic E-state index is -0.357. The monoisotopic (exact) mass is 1100 g/mol. The van der Waals surface area contributed by atoms with Crippen molar-refractivity contribution >= 4 is 79.3 Å². The molecule has 4 aliphatic rings. The van der Waals surface area contributed by atoms with E-state index in [1.165, 1.54) is 44.5 Å². The third-order valence-corrected chi connectivity index (χ3v) is 19.4. The fraction of sp³-hybridized carbons (Fsp3) is 0.152. The van der Waals surface area contributed by atoms with Crippen molar-refractivity contribution < 1.29 is 4.42 Å². The van der Waals surface area contributed by atoms with Crippen molar-refractivity contribution in [3.05, 3.63) is 293 Å². The van der Waals surface area contributed by atoms with Gasteiger partial charge in [-0.15, -0.1) is 0 Å². The van der Waals surface area contributed by atoms with Crippen molar-refractivity contribution in [3.8, 4) is 22.6 Å². The summed E-state index contributed by atoms with van der Waals surface area (Å²) < 4.78 is 6.50. The molecule has 6 heteroatoms. The van der Waals surface area contributed by atoms with Gasteiger partial charge in [-0.25, -0.2) is 4.98 Å². The average molecular weight is 1100 g/mol.